The van der Waals surface area contributed by atoms with E-state index < -0.39 is 0 Å². The molecule has 0 saturated carbocycles. The number of H-pyrrole nitrogens is 1. The van der Waals surface area contributed by atoms with Crippen LogP contribution in [-0.2, 0) is 0 Å². The second kappa shape index (κ2) is 4.26. The Hall–Kier alpha value is -1.59. The number of anilines is 1. The van der Waals surface area contributed by atoms with Crippen molar-refractivity contribution in [2.24, 2.45) is 0 Å². The van der Waals surface area contributed by atoms with Crippen LogP contribution < -0.4 is 5.32 Å². The van der Waals surface area contributed by atoms with Crippen LogP contribution in [0.1, 0.15) is 5.56 Å². The summed E-state index contributed by atoms with van der Waals surface area (Å²) in [6.45, 7) is 1.99. The molecule has 0 amide bonds. The third-order valence-corrected chi connectivity index (χ3v) is 4.42. The lowest BCUT2D eigenvalue weighted by atomic mass is 10.3. The van der Waals surface area contributed by atoms with Gasteiger partial charge in [-0.2, -0.15) is 0 Å². The maximum absolute atomic E-state index is 6.25. The number of hydrogen-bond donors (Lipinski definition) is 2. The van der Waals surface area contributed by atoms with Crippen molar-refractivity contribution in [2.75, 3.05) is 12.4 Å². The van der Waals surface area contributed by atoms with E-state index in [4.69, 9.17) is 11.6 Å². The van der Waals surface area contributed by atoms with Crippen molar-refractivity contribution >= 4 is 39.9 Å². The van der Waals surface area contributed by atoms with Gasteiger partial charge >= 0.3 is 0 Å². The lowest BCUT2D eigenvalue weighted by Crippen LogP contribution is -1.91. The number of imidazole rings is 1. The Labute approximate surface area is 113 Å². The summed E-state index contributed by atoms with van der Waals surface area (Å²) in [4.78, 5) is 13.1. The summed E-state index contributed by atoms with van der Waals surface area (Å²) in [6.07, 6.45) is 0. The van der Waals surface area contributed by atoms with Gasteiger partial charge in [0.15, 0.2) is 11.5 Å². The number of halogens is 1. The van der Waals surface area contributed by atoms with Gasteiger partial charge in [0.1, 0.15) is 5.82 Å². The zero-order valence-corrected chi connectivity index (χ0v) is 11.5. The van der Waals surface area contributed by atoms with Gasteiger partial charge in [-0.3, -0.25) is 0 Å². The molecular formula is C12H11ClN4S. The third kappa shape index (κ3) is 1.76. The number of nitrogens with one attached hydrogen (secondary N) is 2. The highest BCUT2D eigenvalue weighted by Crippen LogP contribution is 2.35. The van der Waals surface area contributed by atoms with Crippen molar-refractivity contribution < 1.29 is 0 Å². The predicted octanol–water partition coefficient (Wildman–Crippen LogP) is 3.69. The van der Waals surface area contributed by atoms with Crippen molar-refractivity contribution in [3.05, 3.63) is 28.1 Å². The van der Waals surface area contributed by atoms with Gasteiger partial charge in [0, 0.05) is 7.05 Å². The van der Waals surface area contributed by atoms with Gasteiger partial charge in [-0.15, -0.1) is 11.3 Å². The summed E-state index contributed by atoms with van der Waals surface area (Å²) >= 11 is 7.83. The van der Waals surface area contributed by atoms with Crippen LogP contribution in [0, 0.1) is 6.92 Å². The highest BCUT2D eigenvalue weighted by atomic mass is 35.5. The van der Waals surface area contributed by atoms with Crippen LogP contribution >= 0.6 is 22.9 Å². The lowest BCUT2D eigenvalue weighted by molar-refractivity contribution is 1.29. The van der Waals surface area contributed by atoms with E-state index in [1.165, 1.54) is 0 Å². The molecule has 2 N–H and O–H groups in total. The normalized spacial score (nSPS) is 11.1. The van der Waals surface area contributed by atoms with Crippen molar-refractivity contribution in [2.45, 2.75) is 6.92 Å². The molecule has 0 radical (unpaired) electrons. The average Bonchev–Trinajstić information content (AvgIpc) is 2.93. The molecule has 3 rings (SSSR count). The Morgan fingerprint density at radius 3 is 2.83 bits per heavy atom. The van der Waals surface area contributed by atoms with Crippen molar-refractivity contribution in [3.8, 4) is 10.7 Å². The molecule has 18 heavy (non-hydrogen) atoms. The summed E-state index contributed by atoms with van der Waals surface area (Å²) in [5.74, 6) is 1.57. The van der Waals surface area contributed by atoms with Gasteiger partial charge < -0.3 is 10.3 Å². The Balaban J connectivity index is 2.16. The van der Waals surface area contributed by atoms with E-state index >= 15 is 0 Å². The number of rotatable bonds is 2. The number of hydrogen-bond acceptors (Lipinski definition) is 4. The summed E-state index contributed by atoms with van der Waals surface area (Å²) < 4.78 is 0. The highest BCUT2D eigenvalue weighted by molar-refractivity contribution is 7.14. The summed E-state index contributed by atoms with van der Waals surface area (Å²) in [5, 5.41) is 5.78. The topological polar surface area (TPSA) is 53.6 Å². The van der Waals surface area contributed by atoms with Crippen molar-refractivity contribution in [1.82, 2.24) is 15.0 Å². The number of nitrogens with zero attached hydrogens (tertiary/aromatic N) is 2. The van der Waals surface area contributed by atoms with Crippen LogP contribution in [0.25, 0.3) is 21.9 Å². The molecule has 92 valence electrons. The number of aryl methyl sites for hydroxylation is 1. The zero-order valence-electron chi connectivity index (χ0n) is 9.91. The summed E-state index contributed by atoms with van der Waals surface area (Å²) in [7, 11) is 1.83. The molecule has 0 unspecified atom stereocenters. The largest absolute Gasteiger partial charge is 0.373 e. The van der Waals surface area contributed by atoms with Gasteiger partial charge in [-0.05, 0) is 30.0 Å². The fraction of sp³-hybridized carbons (Fsp3) is 0.167. The SMILES string of the molecule is CNc1ccc2[nH]c(-c3scc(C)c3Cl)nc2n1. The highest BCUT2D eigenvalue weighted by Gasteiger charge is 2.13. The molecule has 3 heterocycles. The third-order valence-electron chi connectivity index (χ3n) is 2.72. The van der Waals surface area contributed by atoms with E-state index in [1.807, 2.05) is 31.5 Å². The first-order chi connectivity index (χ1) is 8.69. The average molecular weight is 279 g/mol. The molecule has 4 nitrogen and oxygen atoms in total. The second-order valence-corrected chi connectivity index (χ2v) is 5.22. The molecule has 0 atom stereocenters. The fourth-order valence-corrected chi connectivity index (χ4v) is 2.96. The van der Waals surface area contributed by atoms with E-state index in [1.54, 1.807) is 11.3 Å². The molecule has 0 aliphatic heterocycles. The summed E-state index contributed by atoms with van der Waals surface area (Å²) in [5.41, 5.74) is 2.67. The molecule has 0 aliphatic carbocycles. The van der Waals surface area contributed by atoms with Crippen LogP contribution in [0.2, 0.25) is 5.02 Å². The van der Waals surface area contributed by atoms with E-state index in [2.05, 4.69) is 20.3 Å². The Kier molecular flexibility index (Phi) is 2.72. The van der Waals surface area contributed by atoms with Gasteiger partial charge in [0.2, 0.25) is 0 Å². The van der Waals surface area contributed by atoms with E-state index in [0.717, 1.165) is 32.6 Å². The smallest absolute Gasteiger partial charge is 0.180 e. The quantitative estimate of drug-likeness (QED) is 0.752. The number of aromatic amines is 1. The maximum Gasteiger partial charge on any atom is 0.180 e. The number of thiophene rings is 1. The van der Waals surface area contributed by atoms with Crippen LogP contribution in [0.3, 0.4) is 0 Å². The van der Waals surface area contributed by atoms with Crippen LogP contribution in [0.4, 0.5) is 5.82 Å². The van der Waals surface area contributed by atoms with Crippen molar-refractivity contribution in [1.29, 1.82) is 0 Å². The Bertz CT molecular complexity index is 716. The van der Waals surface area contributed by atoms with Gasteiger partial charge in [-0.25, -0.2) is 9.97 Å². The first kappa shape index (κ1) is 11.5. The summed E-state index contributed by atoms with van der Waals surface area (Å²) in [6, 6.07) is 3.87. The molecule has 0 fully saturated rings. The molecule has 3 aromatic heterocycles. The Morgan fingerprint density at radius 1 is 1.33 bits per heavy atom. The fourth-order valence-electron chi connectivity index (χ4n) is 1.73. The first-order valence-corrected chi connectivity index (χ1v) is 6.73. The molecule has 0 aromatic carbocycles. The maximum atomic E-state index is 6.25. The first-order valence-electron chi connectivity index (χ1n) is 5.47. The van der Waals surface area contributed by atoms with Crippen LogP contribution in [-0.4, -0.2) is 22.0 Å². The molecule has 6 heteroatoms. The number of fused-ring (bicyclic) bond motifs is 1. The van der Waals surface area contributed by atoms with Gasteiger partial charge in [-0.1, -0.05) is 11.6 Å². The second-order valence-electron chi connectivity index (χ2n) is 3.96. The standard InChI is InChI=1S/C12H11ClN4S/c1-6-5-18-10(9(6)13)12-15-7-3-4-8(14-2)16-11(7)17-12/h3-5H,1-2H3,(H2,14,15,16,17). The number of pyridine rings is 1. The zero-order chi connectivity index (χ0) is 12.7. The van der Waals surface area contributed by atoms with Crippen molar-refractivity contribution in [3.63, 3.8) is 0 Å². The predicted molar refractivity (Wildman–Crippen MR) is 76.5 cm³/mol. The monoisotopic (exact) mass is 278 g/mol. The minimum absolute atomic E-state index is 0.693. The van der Waals surface area contributed by atoms with E-state index in [-0.39, 0.29) is 0 Å². The minimum atomic E-state index is 0.693. The number of aromatic nitrogens is 3. The van der Waals surface area contributed by atoms with E-state index in [9.17, 15) is 0 Å². The molecule has 0 aliphatic rings. The molecular weight excluding hydrogens is 268 g/mol. The van der Waals surface area contributed by atoms with E-state index in [0.29, 0.717) is 5.65 Å². The Morgan fingerprint density at radius 2 is 2.17 bits per heavy atom. The van der Waals surface area contributed by atoms with Crippen LogP contribution in [0.5, 0.6) is 0 Å². The van der Waals surface area contributed by atoms with Crippen LogP contribution in [0.15, 0.2) is 17.5 Å². The molecule has 0 saturated heterocycles. The van der Waals surface area contributed by atoms with Gasteiger partial charge in [0.25, 0.3) is 0 Å². The molecule has 0 spiro atoms. The van der Waals surface area contributed by atoms with Gasteiger partial charge in [0.05, 0.1) is 15.4 Å². The minimum Gasteiger partial charge on any atom is -0.373 e. The lowest BCUT2D eigenvalue weighted by Gasteiger charge is -1.95. The molecule has 0 bridgehead atoms. The molecule has 3 aromatic rings.